The minimum Gasteiger partial charge on any atom is -0.478 e. The van der Waals surface area contributed by atoms with Crippen LogP contribution in [0.4, 0.5) is 0 Å². The maximum Gasteiger partial charge on any atom is 0.337 e. The summed E-state index contributed by atoms with van der Waals surface area (Å²) < 4.78 is 5.89. The average Bonchev–Trinajstić information content (AvgIpc) is 3.15. The maximum absolute atomic E-state index is 11.5. The van der Waals surface area contributed by atoms with Crippen LogP contribution in [0.3, 0.4) is 0 Å². The predicted molar refractivity (Wildman–Crippen MR) is 111 cm³/mol. The minimum absolute atomic E-state index is 0.108. The molecule has 0 atom stereocenters. The fourth-order valence-electron chi connectivity index (χ4n) is 2.63. The Bertz CT molecular complexity index is 929. The van der Waals surface area contributed by atoms with E-state index in [0.717, 1.165) is 16.2 Å². The zero-order valence-electron chi connectivity index (χ0n) is 15.6. The van der Waals surface area contributed by atoms with Crippen molar-refractivity contribution in [3.63, 3.8) is 0 Å². The summed E-state index contributed by atoms with van der Waals surface area (Å²) in [4.78, 5) is 12.3. The first-order chi connectivity index (χ1) is 12.8. The van der Waals surface area contributed by atoms with Gasteiger partial charge in [0.05, 0.1) is 5.57 Å². The quantitative estimate of drug-likeness (QED) is 0.518. The first-order valence-corrected chi connectivity index (χ1v) is 9.58. The van der Waals surface area contributed by atoms with E-state index < -0.39 is 5.97 Å². The highest BCUT2D eigenvalue weighted by molar-refractivity contribution is 7.11. The van der Waals surface area contributed by atoms with Crippen LogP contribution in [0.15, 0.2) is 66.0 Å². The summed E-state index contributed by atoms with van der Waals surface area (Å²) in [5.41, 5.74) is 2.47. The molecule has 0 spiro atoms. The number of carboxylic acids is 1. The SMILES string of the molecule is CC(C)(C)c1ccc(Oc2ccc(/C=C(\C(=O)O)c3cccs3)cc2)cc1. The van der Waals surface area contributed by atoms with E-state index in [1.807, 2.05) is 53.9 Å². The number of thiophene rings is 1. The van der Waals surface area contributed by atoms with Crippen LogP contribution in [-0.2, 0) is 10.2 Å². The van der Waals surface area contributed by atoms with Crippen LogP contribution in [0, 0.1) is 0 Å². The van der Waals surface area contributed by atoms with Gasteiger partial charge in [0.2, 0.25) is 0 Å². The number of hydrogen-bond acceptors (Lipinski definition) is 3. The topological polar surface area (TPSA) is 46.5 Å². The second-order valence-electron chi connectivity index (χ2n) is 7.29. The van der Waals surface area contributed by atoms with Gasteiger partial charge in [-0.2, -0.15) is 0 Å². The van der Waals surface area contributed by atoms with E-state index in [4.69, 9.17) is 4.74 Å². The third-order valence-electron chi connectivity index (χ3n) is 4.16. The van der Waals surface area contributed by atoms with Crippen molar-refractivity contribution in [3.8, 4) is 11.5 Å². The molecule has 0 aliphatic rings. The zero-order chi connectivity index (χ0) is 19.4. The van der Waals surface area contributed by atoms with Crippen molar-refractivity contribution >= 4 is 29.0 Å². The molecule has 0 aliphatic heterocycles. The number of carboxylic acid groups (broad SMARTS) is 1. The summed E-state index contributed by atoms with van der Waals surface area (Å²) in [7, 11) is 0. The fraction of sp³-hybridized carbons (Fsp3) is 0.174. The Labute approximate surface area is 163 Å². The van der Waals surface area contributed by atoms with Crippen molar-refractivity contribution in [2.45, 2.75) is 26.2 Å². The van der Waals surface area contributed by atoms with Gasteiger partial charge in [-0.15, -0.1) is 11.3 Å². The number of benzene rings is 2. The van der Waals surface area contributed by atoms with Crippen LogP contribution in [0.2, 0.25) is 0 Å². The summed E-state index contributed by atoms with van der Waals surface area (Å²) in [6.45, 7) is 6.53. The molecule has 0 radical (unpaired) electrons. The number of carbonyl (C=O) groups is 1. The largest absolute Gasteiger partial charge is 0.478 e. The van der Waals surface area contributed by atoms with Crippen LogP contribution in [0.25, 0.3) is 11.6 Å². The van der Waals surface area contributed by atoms with Crippen LogP contribution in [0.5, 0.6) is 11.5 Å². The van der Waals surface area contributed by atoms with Gasteiger partial charge in [-0.25, -0.2) is 4.79 Å². The normalized spacial score (nSPS) is 12.0. The smallest absolute Gasteiger partial charge is 0.337 e. The Balaban J connectivity index is 1.75. The molecule has 1 N–H and O–H groups in total. The summed E-state index contributed by atoms with van der Waals surface area (Å²) in [5, 5.41) is 11.3. The minimum atomic E-state index is -0.934. The van der Waals surface area contributed by atoms with E-state index in [0.29, 0.717) is 5.75 Å². The van der Waals surface area contributed by atoms with Crippen LogP contribution in [0.1, 0.15) is 36.8 Å². The summed E-state index contributed by atoms with van der Waals surface area (Å²) in [5.74, 6) is 0.552. The van der Waals surface area contributed by atoms with Crippen LogP contribution >= 0.6 is 11.3 Å². The molecule has 2 aromatic carbocycles. The summed E-state index contributed by atoms with van der Waals surface area (Å²) in [6.07, 6.45) is 1.68. The van der Waals surface area contributed by atoms with Gasteiger partial charge in [-0.1, -0.05) is 51.1 Å². The van der Waals surface area contributed by atoms with E-state index in [9.17, 15) is 9.90 Å². The van der Waals surface area contributed by atoms with Crippen molar-refractivity contribution in [2.24, 2.45) is 0 Å². The molecule has 0 saturated carbocycles. The molecule has 138 valence electrons. The Morgan fingerprint density at radius 1 is 0.963 bits per heavy atom. The van der Waals surface area contributed by atoms with Crippen molar-refractivity contribution in [1.29, 1.82) is 0 Å². The molecule has 0 fully saturated rings. The lowest BCUT2D eigenvalue weighted by atomic mass is 9.87. The Morgan fingerprint density at radius 3 is 2.04 bits per heavy atom. The van der Waals surface area contributed by atoms with Gasteiger partial charge in [0, 0.05) is 4.88 Å². The van der Waals surface area contributed by atoms with Gasteiger partial charge in [-0.05, 0) is 58.3 Å². The lowest BCUT2D eigenvalue weighted by Crippen LogP contribution is -2.10. The Hall–Kier alpha value is -2.85. The van der Waals surface area contributed by atoms with E-state index in [1.54, 1.807) is 6.08 Å². The number of hydrogen-bond donors (Lipinski definition) is 1. The molecule has 3 nitrogen and oxygen atoms in total. The molecule has 0 aliphatic carbocycles. The second-order valence-corrected chi connectivity index (χ2v) is 8.23. The van der Waals surface area contributed by atoms with Gasteiger partial charge < -0.3 is 9.84 Å². The predicted octanol–water partition coefficient (Wildman–Crippen LogP) is 6.46. The van der Waals surface area contributed by atoms with E-state index in [-0.39, 0.29) is 11.0 Å². The van der Waals surface area contributed by atoms with Gasteiger partial charge in [0.25, 0.3) is 0 Å². The third-order valence-corrected chi connectivity index (χ3v) is 5.07. The van der Waals surface area contributed by atoms with E-state index in [2.05, 4.69) is 32.9 Å². The van der Waals surface area contributed by atoms with Crippen molar-refractivity contribution in [2.75, 3.05) is 0 Å². The monoisotopic (exact) mass is 378 g/mol. The third kappa shape index (κ3) is 4.86. The van der Waals surface area contributed by atoms with Crippen LogP contribution in [-0.4, -0.2) is 11.1 Å². The standard InChI is InChI=1S/C23H22O3S/c1-23(2,3)17-8-12-19(13-9-17)26-18-10-6-16(7-11-18)15-20(22(24)25)21-5-4-14-27-21/h4-15H,1-3H3,(H,24,25)/b20-15-. The zero-order valence-corrected chi connectivity index (χ0v) is 16.4. The number of rotatable bonds is 5. The molecule has 1 aromatic heterocycles. The maximum atomic E-state index is 11.5. The van der Waals surface area contributed by atoms with Crippen molar-refractivity contribution < 1.29 is 14.6 Å². The van der Waals surface area contributed by atoms with Crippen molar-refractivity contribution in [1.82, 2.24) is 0 Å². The molecular formula is C23H22O3S. The Kier molecular flexibility index (Phi) is 5.47. The van der Waals surface area contributed by atoms with E-state index in [1.165, 1.54) is 16.9 Å². The fourth-order valence-corrected chi connectivity index (χ4v) is 3.36. The van der Waals surface area contributed by atoms with E-state index >= 15 is 0 Å². The molecule has 0 amide bonds. The second kappa shape index (κ2) is 7.80. The summed E-state index contributed by atoms with van der Waals surface area (Å²) in [6, 6.07) is 19.1. The molecule has 0 saturated heterocycles. The lowest BCUT2D eigenvalue weighted by Gasteiger charge is -2.19. The molecule has 0 bridgehead atoms. The Morgan fingerprint density at radius 2 is 1.56 bits per heavy atom. The molecule has 1 heterocycles. The first-order valence-electron chi connectivity index (χ1n) is 8.70. The highest BCUT2D eigenvalue weighted by Crippen LogP contribution is 2.28. The summed E-state index contributed by atoms with van der Waals surface area (Å²) >= 11 is 1.41. The highest BCUT2D eigenvalue weighted by atomic mass is 32.1. The first kappa shape index (κ1) is 18.9. The number of aliphatic carboxylic acids is 1. The molecule has 3 aromatic rings. The molecule has 27 heavy (non-hydrogen) atoms. The van der Waals surface area contributed by atoms with Gasteiger partial charge in [0.1, 0.15) is 11.5 Å². The molecule has 4 heteroatoms. The highest BCUT2D eigenvalue weighted by Gasteiger charge is 2.13. The van der Waals surface area contributed by atoms with Gasteiger partial charge in [-0.3, -0.25) is 0 Å². The average molecular weight is 378 g/mol. The molecule has 0 unspecified atom stereocenters. The number of ether oxygens (including phenoxy) is 1. The molecule has 3 rings (SSSR count). The van der Waals surface area contributed by atoms with Crippen molar-refractivity contribution in [3.05, 3.63) is 82.0 Å². The molecular weight excluding hydrogens is 356 g/mol. The van der Waals surface area contributed by atoms with Gasteiger partial charge in [0.15, 0.2) is 0 Å². The van der Waals surface area contributed by atoms with Crippen LogP contribution < -0.4 is 4.74 Å². The van der Waals surface area contributed by atoms with Gasteiger partial charge >= 0.3 is 5.97 Å². The lowest BCUT2D eigenvalue weighted by molar-refractivity contribution is -0.130.